The standard InChI is InChI=1S/C28H24N4O8S2/c29-19-7-1-15(2-8-19)27(33)17-5-11-21(23(13-17)41(35,36)37)25(31)26(32)22-12-6-18(14-24(22)42(38,39)40)28(34)16-3-9-20(30)10-4-16/h1-14H,29-32H2,(H,35,36,37)(H,38,39,40). The maximum atomic E-state index is 12.9. The molecule has 10 N–H and O–H groups in total. The molecule has 0 aliphatic rings. The van der Waals surface area contributed by atoms with Gasteiger partial charge >= 0.3 is 0 Å². The van der Waals surface area contributed by atoms with Gasteiger partial charge in [0, 0.05) is 44.8 Å². The smallest absolute Gasteiger partial charge is 0.295 e. The van der Waals surface area contributed by atoms with Gasteiger partial charge in [-0.25, -0.2) is 0 Å². The van der Waals surface area contributed by atoms with E-state index in [-0.39, 0.29) is 33.4 Å². The second kappa shape index (κ2) is 11.1. The van der Waals surface area contributed by atoms with Crippen LogP contribution < -0.4 is 22.9 Å². The van der Waals surface area contributed by atoms with Gasteiger partial charge in [-0.1, -0.05) is 24.3 Å². The lowest BCUT2D eigenvalue weighted by Gasteiger charge is -2.15. The summed E-state index contributed by atoms with van der Waals surface area (Å²) >= 11 is 0. The highest BCUT2D eigenvalue weighted by Gasteiger charge is 2.25. The van der Waals surface area contributed by atoms with Gasteiger partial charge in [-0.2, -0.15) is 16.8 Å². The van der Waals surface area contributed by atoms with E-state index >= 15 is 0 Å². The fourth-order valence-electron chi connectivity index (χ4n) is 4.09. The number of rotatable bonds is 8. The molecule has 0 aliphatic carbocycles. The predicted molar refractivity (Wildman–Crippen MR) is 156 cm³/mol. The summed E-state index contributed by atoms with van der Waals surface area (Å²) in [6, 6.07) is 18.1. The zero-order chi connectivity index (χ0) is 31.0. The molecule has 42 heavy (non-hydrogen) atoms. The summed E-state index contributed by atoms with van der Waals surface area (Å²) in [5, 5.41) is 0. The van der Waals surface area contributed by atoms with E-state index in [1.54, 1.807) is 0 Å². The molecule has 0 atom stereocenters. The Kier molecular flexibility index (Phi) is 7.91. The van der Waals surface area contributed by atoms with E-state index in [0.29, 0.717) is 11.4 Å². The Hall–Kier alpha value is -5.02. The molecule has 0 bridgehead atoms. The molecule has 0 fully saturated rings. The second-order valence-corrected chi connectivity index (χ2v) is 11.9. The lowest BCUT2D eigenvalue weighted by molar-refractivity contribution is 0.103. The third kappa shape index (κ3) is 6.16. The van der Waals surface area contributed by atoms with Crippen molar-refractivity contribution in [1.29, 1.82) is 0 Å². The molecule has 0 aromatic heterocycles. The van der Waals surface area contributed by atoms with Gasteiger partial charge in [0.2, 0.25) is 0 Å². The van der Waals surface area contributed by atoms with E-state index in [1.165, 1.54) is 60.7 Å². The summed E-state index contributed by atoms with van der Waals surface area (Å²) in [6.45, 7) is 0. The van der Waals surface area contributed by atoms with Gasteiger partial charge in [-0.05, 0) is 60.7 Å². The van der Waals surface area contributed by atoms with Crippen LogP contribution >= 0.6 is 0 Å². The number of benzene rings is 4. The minimum absolute atomic E-state index is 0.119. The number of nitrogen functional groups attached to an aromatic ring is 2. The predicted octanol–water partition coefficient (Wildman–Crippen LogP) is 2.55. The molecule has 4 aromatic carbocycles. The number of hydrogen-bond donors (Lipinski definition) is 6. The summed E-state index contributed by atoms with van der Waals surface area (Å²) in [5.74, 6) is -1.17. The van der Waals surface area contributed by atoms with Crippen molar-refractivity contribution in [3.8, 4) is 0 Å². The minimum Gasteiger partial charge on any atom is -0.399 e. The number of hydrogen-bond acceptors (Lipinski definition) is 10. The average Bonchev–Trinajstić information content (AvgIpc) is 2.95. The first-order valence-electron chi connectivity index (χ1n) is 11.9. The highest BCUT2D eigenvalue weighted by atomic mass is 32.2. The van der Waals surface area contributed by atoms with Gasteiger partial charge in [-0.3, -0.25) is 18.7 Å². The number of carbonyl (C=O) groups excluding carboxylic acids is 2. The van der Waals surface area contributed by atoms with Crippen molar-refractivity contribution in [2.24, 2.45) is 11.5 Å². The van der Waals surface area contributed by atoms with Gasteiger partial charge in [0.15, 0.2) is 11.6 Å². The van der Waals surface area contributed by atoms with Crippen LogP contribution in [-0.4, -0.2) is 37.5 Å². The molecule has 0 saturated heterocycles. The Morgan fingerprint density at radius 2 is 0.786 bits per heavy atom. The second-order valence-electron chi connectivity index (χ2n) is 9.10. The van der Waals surface area contributed by atoms with Crippen LogP contribution in [0.5, 0.6) is 0 Å². The summed E-state index contributed by atoms with van der Waals surface area (Å²) < 4.78 is 69.1. The first kappa shape index (κ1) is 30.0. The normalized spacial score (nSPS) is 12.4. The highest BCUT2D eigenvalue weighted by molar-refractivity contribution is 7.86. The lowest BCUT2D eigenvalue weighted by Crippen LogP contribution is -2.15. The molecule has 0 aliphatic heterocycles. The van der Waals surface area contributed by atoms with Crippen LogP contribution in [0.1, 0.15) is 43.0 Å². The summed E-state index contributed by atoms with van der Waals surface area (Å²) in [5.41, 5.74) is 22.8. The van der Waals surface area contributed by atoms with Crippen LogP contribution in [0, 0.1) is 0 Å². The van der Waals surface area contributed by atoms with E-state index in [9.17, 15) is 35.5 Å². The Labute approximate surface area is 240 Å². The average molecular weight is 609 g/mol. The molecule has 14 heteroatoms. The van der Waals surface area contributed by atoms with Crippen LogP contribution in [-0.2, 0) is 20.2 Å². The topological polar surface area (TPSA) is 247 Å². The van der Waals surface area contributed by atoms with E-state index in [0.717, 1.165) is 24.3 Å². The van der Waals surface area contributed by atoms with Crippen LogP contribution in [0.3, 0.4) is 0 Å². The van der Waals surface area contributed by atoms with Crippen molar-refractivity contribution in [3.05, 3.63) is 118 Å². The SMILES string of the molecule is NC(=C(N)c1ccc(C(=O)c2ccc(N)cc2)cc1S(=O)(=O)O)c1ccc(C(=O)c2ccc(N)cc2)cc1S(=O)(=O)O. The monoisotopic (exact) mass is 608 g/mol. The zero-order valence-electron chi connectivity index (χ0n) is 21.6. The third-order valence-corrected chi connectivity index (χ3v) is 8.05. The van der Waals surface area contributed by atoms with Gasteiger partial charge in [0.25, 0.3) is 20.2 Å². The van der Waals surface area contributed by atoms with E-state index in [2.05, 4.69) is 0 Å². The Morgan fingerprint density at radius 3 is 1.07 bits per heavy atom. The number of carbonyl (C=O) groups is 2. The van der Waals surface area contributed by atoms with E-state index in [1.807, 2.05) is 0 Å². The molecule has 0 amide bonds. The third-order valence-electron chi connectivity index (χ3n) is 6.26. The van der Waals surface area contributed by atoms with E-state index < -0.39 is 53.0 Å². The van der Waals surface area contributed by atoms with Gasteiger partial charge in [0.1, 0.15) is 9.79 Å². The number of nitrogens with two attached hydrogens (primary N) is 4. The summed E-state index contributed by atoms with van der Waals surface area (Å²) in [6.07, 6.45) is 0. The molecule has 4 rings (SSSR count). The molecule has 0 spiro atoms. The molecular weight excluding hydrogens is 584 g/mol. The van der Waals surface area contributed by atoms with E-state index in [4.69, 9.17) is 22.9 Å². The fourth-order valence-corrected chi connectivity index (χ4v) is 5.56. The first-order valence-corrected chi connectivity index (χ1v) is 14.8. The van der Waals surface area contributed by atoms with Crippen molar-refractivity contribution in [2.45, 2.75) is 9.79 Å². The van der Waals surface area contributed by atoms with Crippen LogP contribution in [0.25, 0.3) is 11.4 Å². The maximum absolute atomic E-state index is 12.9. The number of anilines is 2. The maximum Gasteiger partial charge on any atom is 0.295 e. The first-order chi connectivity index (χ1) is 19.6. The summed E-state index contributed by atoms with van der Waals surface area (Å²) in [4.78, 5) is 24.3. The molecular formula is C28H24N4O8S2. The Balaban J connectivity index is 1.84. The molecule has 12 nitrogen and oxygen atoms in total. The van der Waals surface area contributed by atoms with Crippen molar-refractivity contribution in [1.82, 2.24) is 0 Å². The quantitative estimate of drug-likeness (QED) is 0.0731. The van der Waals surface area contributed by atoms with Gasteiger partial charge in [-0.15, -0.1) is 0 Å². The van der Waals surface area contributed by atoms with Crippen molar-refractivity contribution >= 4 is 54.6 Å². The minimum atomic E-state index is -4.99. The molecule has 0 unspecified atom stereocenters. The largest absolute Gasteiger partial charge is 0.399 e. The lowest BCUT2D eigenvalue weighted by atomic mass is 9.98. The zero-order valence-corrected chi connectivity index (χ0v) is 23.2. The van der Waals surface area contributed by atoms with Crippen molar-refractivity contribution in [2.75, 3.05) is 11.5 Å². The van der Waals surface area contributed by atoms with Crippen LogP contribution in [0.4, 0.5) is 11.4 Å². The molecule has 4 aromatic rings. The summed E-state index contributed by atoms with van der Waals surface area (Å²) in [7, 11) is -9.98. The van der Waals surface area contributed by atoms with Crippen LogP contribution in [0.15, 0.2) is 94.7 Å². The Bertz CT molecular complexity index is 1840. The van der Waals surface area contributed by atoms with Gasteiger partial charge < -0.3 is 22.9 Å². The Morgan fingerprint density at radius 1 is 0.500 bits per heavy atom. The fraction of sp³-hybridized carbons (Fsp3) is 0. The molecule has 0 radical (unpaired) electrons. The van der Waals surface area contributed by atoms with Crippen LogP contribution in [0.2, 0.25) is 0 Å². The van der Waals surface area contributed by atoms with Crippen molar-refractivity contribution in [3.63, 3.8) is 0 Å². The molecule has 216 valence electrons. The molecule has 0 saturated carbocycles. The number of ketones is 2. The van der Waals surface area contributed by atoms with Crippen molar-refractivity contribution < 1.29 is 35.5 Å². The van der Waals surface area contributed by atoms with Gasteiger partial charge in [0.05, 0.1) is 11.4 Å². The molecule has 0 heterocycles. The highest BCUT2D eigenvalue weighted by Crippen LogP contribution is 2.30.